The lowest BCUT2D eigenvalue weighted by Gasteiger charge is -2.18. The maximum absolute atomic E-state index is 14.5. The summed E-state index contributed by atoms with van der Waals surface area (Å²) < 4.78 is 35.6. The van der Waals surface area contributed by atoms with Gasteiger partial charge in [0.15, 0.2) is 0 Å². The molecule has 3 aromatic rings. The molecule has 1 aromatic heterocycles. The predicted octanol–water partition coefficient (Wildman–Crippen LogP) is 5.14. The fourth-order valence-electron chi connectivity index (χ4n) is 2.94. The van der Waals surface area contributed by atoms with Gasteiger partial charge in [0, 0.05) is 28.8 Å². The molecule has 0 aliphatic heterocycles. The Kier molecular flexibility index (Phi) is 5.09. The number of ether oxygens (including phenoxy) is 1. The van der Waals surface area contributed by atoms with Gasteiger partial charge in [-0.3, -0.25) is 4.79 Å². The second kappa shape index (κ2) is 7.30. The Morgan fingerprint density at radius 3 is 2.35 bits per heavy atom. The van der Waals surface area contributed by atoms with E-state index in [0.717, 1.165) is 12.1 Å². The first-order valence-electron chi connectivity index (χ1n) is 8.00. The summed E-state index contributed by atoms with van der Waals surface area (Å²) in [6.07, 6.45) is 0. The normalized spacial score (nSPS) is 10.8. The minimum absolute atomic E-state index is 0.144. The molecular formula is C20H16ClF2NO2. The number of hydrogen-bond donors (Lipinski definition) is 0. The first-order chi connectivity index (χ1) is 12.5. The maximum atomic E-state index is 14.5. The molecular weight excluding hydrogens is 360 g/mol. The number of benzene rings is 2. The molecule has 0 saturated heterocycles. The van der Waals surface area contributed by atoms with Crippen molar-refractivity contribution in [1.82, 2.24) is 4.57 Å². The van der Waals surface area contributed by atoms with Gasteiger partial charge in [0.1, 0.15) is 17.4 Å². The maximum Gasteiger partial charge on any atom is 0.251 e. The Morgan fingerprint density at radius 1 is 1.04 bits per heavy atom. The first-order valence-corrected chi connectivity index (χ1v) is 8.37. The smallest absolute Gasteiger partial charge is 0.251 e. The highest BCUT2D eigenvalue weighted by Gasteiger charge is 2.21. The van der Waals surface area contributed by atoms with Crippen molar-refractivity contribution >= 4 is 11.6 Å². The molecule has 0 aliphatic carbocycles. The SMILES string of the molecule is CCn1c(-c2c(F)cccc2F)c(-c2cc(OC)ccc2Cl)ccc1=O. The van der Waals surface area contributed by atoms with Crippen molar-refractivity contribution in [3.63, 3.8) is 0 Å². The molecule has 134 valence electrons. The second-order valence-electron chi connectivity index (χ2n) is 5.62. The molecule has 3 rings (SSSR count). The zero-order chi connectivity index (χ0) is 18.8. The van der Waals surface area contributed by atoms with Crippen molar-refractivity contribution in [3.8, 4) is 28.1 Å². The summed E-state index contributed by atoms with van der Waals surface area (Å²) in [5.74, 6) is -0.963. The number of halogens is 3. The fraction of sp³-hybridized carbons (Fsp3) is 0.150. The quantitative estimate of drug-likeness (QED) is 0.632. The zero-order valence-electron chi connectivity index (χ0n) is 14.2. The average Bonchev–Trinajstić information content (AvgIpc) is 2.62. The van der Waals surface area contributed by atoms with Gasteiger partial charge in [-0.1, -0.05) is 17.7 Å². The van der Waals surface area contributed by atoms with E-state index in [-0.39, 0.29) is 23.4 Å². The standard InChI is InChI=1S/C20H16ClF2NO2/c1-3-24-18(25)10-8-13(14-11-12(26-2)7-9-15(14)21)20(24)19-16(22)5-4-6-17(19)23/h4-11H,3H2,1-2H3. The highest BCUT2D eigenvalue weighted by molar-refractivity contribution is 6.33. The third-order valence-electron chi connectivity index (χ3n) is 4.16. The molecule has 2 aromatic carbocycles. The molecule has 6 heteroatoms. The lowest BCUT2D eigenvalue weighted by molar-refractivity contribution is 0.415. The largest absolute Gasteiger partial charge is 0.497 e. The molecule has 0 fully saturated rings. The minimum Gasteiger partial charge on any atom is -0.497 e. The highest BCUT2D eigenvalue weighted by atomic mass is 35.5. The molecule has 0 amide bonds. The molecule has 0 saturated carbocycles. The van der Waals surface area contributed by atoms with E-state index in [1.807, 2.05) is 0 Å². The Morgan fingerprint density at radius 2 is 1.73 bits per heavy atom. The van der Waals surface area contributed by atoms with E-state index in [2.05, 4.69) is 0 Å². The number of nitrogens with zero attached hydrogens (tertiary/aromatic N) is 1. The van der Waals surface area contributed by atoms with Crippen LogP contribution in [0.25, 0.3) is 22.4 Å². The Hall–Kier alpha value is -2.66. The van der Waals surface area contributed by atoms with Crippen molar-refractivity contribution in [2.24, 2.45) is 0 Å². The van der Waals surface area contributed by atoms with E-state index in [9.17, 15) is 13.6 Å². The van der Waals surface area contributed by atoms with Crippen LogP contribution in [0.1, 0.15) is 6.92 Å². The fourth-order valence-corrected chi connectivity index (χ4v) is 3.16. The van der Waals surface area contributed by atoms with Gasteiger partial charge in [-0.15, -0.1) is 0 Å². The summed E-state index contributed by atoms with van der Waals surface area (Å²) in [7, 11) is 1.51. The lowest BCUT2D eigenvalue weighted by Crippen LogP contribution is -2.21. The van der Waals surface area contributed by atoms with E-state index in [1.54, 1.807) is 25.1 Å². The summed E-state index contributed by atoms with van der Waals surface area (Å²) in [6, 6.07) is 11.5. The number of pyridine rings is 1. The summed E-state index contributed by atoms with van der Waals surface area (Å²) in [4.78, 5) is 12.3. The predicted molar refractivity (Wildman–Crippen MR) is 98.7 cm³/mol. The molecule has 0 bridgehead atoms. The minimum atomic E-state index is -0.752. The van der Waals surface area contributed by atoms with E-state index in [1.165, 1.54) is 29.9 Å². The van der Waals surface area contributed by atoms with E-state index in [0.29, 0.717) is 21.9 Å². The van der Waals surface area contributed by atoms with Crippen LogP contribution in [-0.2, 0) is 6.54 Å². The molecule has 0 radical (unpaired) electrons. The summed E-state index contributed by atoms with van der Waals surface area (Å²) in [6.45, 7) is 1.98. The lowest BCUT2D eigenvalue weighted by atomic mass is 9.97. The van der Waals surface area contributed by atoms with Crippen LogP contribution in [0.15, 0.2) is 53.3 Å². The van der Waals surface area contributed by atoms with Crippen LogP contribution in [0.5, 0.6) is 5.75 Å². The van der Waals surface area contributed by atoms with E-state index >= 15 is 0 Å². The van der Waals surface area contributed by atoms with Gasteiger partial charge in [0.2, 0.25) is 0 Å². The Balaban J connectivity index is 2.44. The third kappa shape index (κ3) is 3.10. The zero-order valence-corrected chi connectivity index (χ0v) is 15.0. The molecule has 0 unspecified atom stereocenters. The van der Waals surface area contributed by atoms with Gasteiger partial charge in [0.25, 0.3) is 5.56 Å². The number of aromatic nitrogens is 1. The van der Waals surface area contributed by atoms with Crippen LogP contribution in [-0.4, -0.2) is 11.7 Å². The van der Waals surface area contributed by atoms with Crippen LogP contribution < -0.4 is 10.3 Å². The van der Waals surface area contributed by atoms with Gasteiger partial charge >= 0.3 is 0 Å². The topological polar surface area (TPSA) is 31.2 Å². The molecule has 0 aliphatic rings. The van der Waals surface area contributed by atoms with Gasteiger partial charge in [0.05, 0.1) is 18.4 Å². The van der Waals surface area contributed by atoms with Gasteiger partial charge in [-0.05, 0) is 43.3 Å². The molecule has 1 heterocycles. The number of hydrogen-bond acceptors (Lipinski definition) is 2. The third-order valence-corrected chi connectivity index (χ3v) is 4.49. The van der Waals surface area contributed by atoms with Crippen LogP contribution in [0.3, 0.4) is 0 Å². The number of methoxy groups -OCH3 is 1. The molecule has 26 heavy (non-hydrogen) atoms. The molecule has 0 atom stereocenters. The summed E-state index contributed by atoms with van der Waals surface area (Å²) in [5, 5.41) is 0.380. The highest BCUT2D eigenvalue weighted by Crippen LogP contribution is 2.38. The molecule has 0 spiro atoms. The second-order valence-corrected chi connectivity index (χ2v) is 6.03. The van der Waals surface area contributed by atoms with Crippen LogP contribution >= 0.6 is 11.6 Å². The molecule has 0 N–H and O–H groups in total. The summed E-state index contributed by atoms with van der Waals surface area (Å²) >= 11 is 6.33. The number of rotatable bonds is 4. The van der Waals surface area contributed by atoms with E-state index < -0.39 is 11.6 Å². The average molecular weight is 376 g/mol. The molecule has 3 nitrogen and oxygen atoms in total. The van der Waals surface area contributed by atoms with Crippen molar-refractivity contribution in [2.75, 3.05) is 7.11 Å². The summed E-state index contributed by atoms with van der Waals surface area (Å²) in [5.41, 5.74) is 0.491. The van der Waals surface area contributed by atoms with E-state index in [4.69, 9.17) is 16.3 Å². The van der Waals surface area contributed by atoms with Crippen molar-refractivity contribution in [3.05, 3.63) is 75.5 Å². The monoisotopic (exact) mass is 375 g/mol. The van der Waals surface area contributed by atoms with Crippen LogP contribution in [0.2, 0.25) is 5.02 Å². The Labute approximate surface area is 154 Å². The van der Waals surface area contributed by atoms with Gasteiger partial charge in [-0.25, -0.2) is 8.78 Å². The first kappa shape index (κ1) is 18.1. The van der Waals surface area contributed by atoms with Crippen LogP contribution in [0, 0.1) is 11.6 Å². The van der Waals surface area contributed by atoms with Crippen molar-refractivity contribution in [2.45, 2.75) is 13.5 Å². The van der Waals surface area contributed by atoms with Crippen molar-refractivity contribution in [1.29, 1.82) is 0 Å². The van der Waals surface area contributed by atoms with Gasteiger partial charge < -0.3 is 9.30 Å². The Bertz CT molecular complexity index is 1010. The van der Waals surface area contributed by atoms with Gasteiger partial charge in [-0.2, -0.15) is 0 Å². The van der Waals surface area contributed by atoms with Crippen molar-refractivity contribution < 1.29 is 13.5 Å². The van der Waals surface area contributed by atoms with Crippen LogP contribution in [0.4, 0.5) is 8.78 Å².